The highest BCUT2D eigenvalue weighted by molar-refractivity contribution is 6.36. The van der Waals surface area contributed by atoms with Crippen molar-refractivity contribution in [1.29, 1.82) is 0 Å². The summed E-state index contributed by atoms with van der Waals surface area (Å²) in [6.45, 7) is 8.81. The zero-order valence-electron chi connectivity index (χ0n) is 21.4. The van der Waals surface area contributed by atoms with Gasteiger partial charge in [0.1, 0.15) is 6.04 Å². The van der Waals surface area contributed by atoms with E-state index in [2.05, 4.69) is 5.32 Å². The number of hydrogen-bond acceptors (Lipinski definition) is 2. The molecule has 3 rings (SSSR count). The van der Waals surface area contributed by atoms with E-state index in [1.807, 2.05) is 76.2 Å². The van der Waals surface area contributed by atoms with Gasteiger partial charge in [0.25, 0.3) is 0 Å². The minimum atomic E-state index is -0.725. The molecule has 0 aliphatic carbocycles. The van der Waals surface area contributed by atoms with Gasteiger partial charge in [-0.2, -0.15) is 0 Å². The molecule has 0 fully saturated rings. The molecule has 6 heteroatoms. The Morgan fingerprint density at radius 1 is 0.861 bits per heavy atom. The standard InChI is InChI=1S/C30H34Cl2N2O2/c1-20(2)18-33-30(36)28(16-23-9-6-5-7-10-23)34(19-25-26(31)11-8-12-27(25)32)29(35)17-24-14-13-21(3)22(4)15-24/h5-15,20,28H,16-19H2,1-4H3,(H,33,36)/t28-/m0/s1. The number of halogens is 2. The lowest BCUT2D eigenvalue weighted by molar-refractivity contribution is -0.140. The maximum absolute atomic E-state index is 13.9. The smallest absolute Gasteiger partial charge is 0.243 e. The van der Waals surface area contributed by atoms with E-state index in [9.17, 15) is 9.59 Å². The first-order chi connectivity index (χ1) is 17.2. The molecule has 0 aliphatic heterocycles. The normalized spacial score (nSPS) is 11.9. The summed E-state index contributed by atoms with van der Waals surface area (Å²) in [6.07, 6.45) is 0.553. The van der Waals surface area contributed by atoms with Gasteiger partial charge in [0, 0.05) is 35.1 Å². The van der Waals surface area contributed by atoms with E-state index in [4.69, 9.17) is 23.2 Å². The second-order valence-electron chi connectivity index (χ2n) is 9.66. The van der Waals surface area contributed by atoms with Gasteiger partial charge in [-0.1, -0.05) is 91.6 Å². The maximum Gasteiger partial charge on any atom is 0.243 e. The molecule has 1 N–H and O–H groups in total. The van der Waals surface area contributed by atoms with Gasteiger partial charge in [-0.05, 0) is 54.2 Å². The third kappa shape index (κ3) is 7.59. The van der Waals surface area contributed by atoms with Crippen LogP contribution in [0.2, 0.25) is 10.0 Å². The van der Waals surface area contributed by atoms with Crippen molar-refractivity contribution in [3.63, 3.8) is 0 Å². The molecule has 36 heavy (non-hydrogen) atoms. The highest BCUT2D eigenvalue weighted by atomic mass is 35.5. The Bertz CT molecular complexity index is 1170. The highest BCUT2D eigenvalue weighted by Gasteiger charge is 2.31. The summed E-state index contributed by atoms with van der Waals surface area (Å²) in [6, 6.07) is 20.3. The lowest BCUT2D eigenvalue weighted by atomic mass is 10.00. The van der Waals surface area contributed by atoms with E-state index in [1.165, 1.54) is 5.56 Å². The molecule has 0 saturated heterocycles. The topological polar surface area (TPSA) is 49.4 Å². The van der Waals surface area contributed by atoms with Crippen molar-refractivity contribution in [3.05, 3.63) is 105 Å². The summed E-state index contributed by atoms with van der Waals surface area (Å²) in [5.41, 5.74) is 4.79. The van der Waals surface area contributed by atoms with Crippen LogP contribution in [0.3, 0.4) is 0 Å². The molecule has 0 saturated carbocycles. The van der Waals surface area contributed by atoms with Crippen LogP contribution in [0.5, 0.6) is 0 Å². The van der Waals surface area contributed by atoms with Gasteiger partial charge in [-0.3, -0.25) is 9.59 Å². The summed E-state index contributed by atoms with van der Waals surface area (Å²) in [7, 11) is 0. The average molecular weight is 526 g/mol. The van der Waals surface area contributed by atoms with E-state index in [0.717, 1.165) is 16.7 Å². The van der Waals surface area contributed by atoms with Crippen molar-refractivity contribution in [2.24, 2.45) is 5.92 Å². The third-order valence-corrected chi connectivity index (χ3v) is 6.98. The lowest BCUT2D eigenvalue weighted by Gasteiger charge is -2.32. The van der Waals surface area contributed by atoms with Crippen molar-refractivity contribution in [1.82, 2.24) is 10.2 Å². The fraction of sp³-hybridized carbons (Fsp3) is 0.333. The van der Waals surface area contributed by atoms with Crippen LogP contribution in [-0.4, -0.2) is 29.3 Å². The summed E-state index contributed by atoms with van der Waals surface area (Å²) in [4.78, 5) is 29.0. The van der Waals surface area contributed by atoms with Crippen LogP contribution < -0.4 is 5.32 Å². The van der Waals surface area contributed by atoms with E-state index in [1.54, 1.807) is 23.1 Å². The number of carbonyl (C=O) groups excluding carboxylic acids is 2. The number of carbonyl (C=O) groups is 2. The number of aryl methyl sites for hydroxylation is 2. The molecule has 1 atom stereocenters. The van der Waals surface area contributed by atoms with E-state index in [-0.39, 0.29) is 30.7 Å². The largest absolute Gasteiger partial charge is 0.354 e. The van der Waals surface area contributed by atoms with Crippen LogP contribution in [0.25, 0.3) is 0 Å². The molecule has 3 aromatic carbocycles. The van der Waals surface area contributed by atoms with Crippen LogP contribution in [0.15, 0.2) is 66.7 Å². The van der Waals surface area contributed by atoms with Gasteiger partial charge in [-0.25, -0.2) is 0 Å². The van der Waals surface area contributed by atoms with Gasteiger partial charge in [0.2, 0.25) is 11.8 Å². The number of nitrogens with zero attached hydrogens (tertiary/aromatic N) is 1. The second kappa shape index (κ2) is 12.9. The minimum Gasteiger partial charge on any atom is -0.354 e. The molecule has 0 heterocycles. The first-order valence-corrected chi connectivity index (χ1v) is 13.0. The minimum absolute atomic E-state index is 0.134. The van der Waals surface area contributed by atoms with Crippen LogP contribution in [0, 0.1) is 19.8 Å². The number of nitrogens with one attached hydrogen (secondary N) is 1. The Balaban J connectivity index is 2.01. The predicted octanol–water partition coefficient (Wildman–Crippen LogP) is 6.57. The zero-order chi connectivity index (χ0) is 26.2. The van der Waals surface area contributed by atoms with Crippen LogP contribution in [-0.2, 0) is 29.0 Å². The zero-order valence-corrected chi connectivity index (χ0v) is 22.9. The highest BCUT2D eigenvalue weighted by Crippen LogP contribution is 2.27. The molecule has 4 nitrogen and oxygen atoms in total. The number of rotatable bonds is 10. The number of benzene rings is 3. The molecule has 3 aromatic rings. The Kier molecular flexibility index (Phi) is 9.98. The van der Waals surface area contributed by atoms with Crippen molar-refractivity contribution in [3.8, 4) is 0 Å². The lowest BCUT2D eigenvalue weighted by Crippen LogP contribution is -2.51. The van der Waals surface area contributed by atoms with Gasteiger partial charge in [-0.15, -0.1) is 0 Å². The molecule has 0 spiro atoms. The van der Waals surface area contributed by atoms with E-state index >= 15 is 0 Å². The second-order valence-corrected chi connectivity index (χ2v) is 10.5. The van der Waals surface area contributed by atoms with E-state index < -0.39 is 6.04 Å². The SMILES string of the molecule is Cc1ccc(CC(=O)N(Cc2c(Cl)cccc2Cl)[C@@H](Cc2ccccc2)C(=O)NCC(C)C)cc1C. The fourth-order valence-electron chi connectivity index (χ4n) is 4.02. The van der Waals surface area contributed by atoms with Crippen molar-refractivity contribution >= 4 is 35.0 Å². The van der Waals surface area contributed by atoms with Crippen LogP contribution >= 0.6 is 23.2 Å². The summed E-state index contributed by atoms with van der Waals surface area (Å²) in [5.74, 6) is -0.0666. The summed E-state index contributed by atoms with van der Waals surface area (Å²) in [5, 5.41) is 3.97. The predicted molar refractivity (Wildman–Crippen MR) is 148 cm³/mol. The monoisotopic (exact) mass is 524 g/mol. The molecule has 0 bridgehead atoms. The van der Waals surface area contributed by atoms with Gasteiger partial charge >= 0.3 is 0 Å². The van der Waals surface area contributed by atoms with Gasteiger partial charge in [0.05, 0.1) is 6.42 Å². The average Bonchev–Trinajstić information content (AvgIpc) is 2.84. The van der Waals surface area contributed by atoms with Crippen molar-refractivity contribution in [2.75, 3.05) is 6.54 Å². The first-order valence-electron chi connectivity index (χ1n) is 12.3. The molecule has 190 valence electrons. The van der Waals surface area contributed by atoms with Crippen molar-refractivity contribution < 1.29 is 9.59 Å². The summed E-state index contributed by atoms with van der Waals surface area (Å²) < 4.78 is 0. The van der Waals surface area contributed by atoms with Gasteiger partial charge in [0.15, 0.2) is 0 Å². The molecule has 0 aliphatic rings. The molecule has 0 radical (unpaired) electrons. The van der Waals surface area contributed by atoms with E-state index in [0.29, 0.717) is 28.6 Å². The summed E-state index contributed by atoms with van der Waals surface area (Å²) >= 11 is 13.0. The number of amides is 2. The molecular weight excluding hydrogens is 491 g/mol. The van der Waals surface area contributed by atoms with Gasteiger partial charge < -0.3 is 10.2 Å². The van der Waals surface area contributed by atoms with Crippen LogP contribution in [0.1, 0.15) is 41.7 Å². The Hall–Kier alpha value is -2.82. The van der Waals surface area contributed by atoms with Crippen molar-refractivity contribution in [2.45, 2.75) is 53.1 Å². The quantitative estimate of drug-likeness (QED) is 0.326. The molecule has 0 aromatic heterocycles. The Morgan fingerprint density at radius 2 is 1.53 bits per heavy atom. The fourth-order valence-corrected chi connectivity index (χ4v) is 4.54. The van der Waals surface area contributed by atoms with Crippen LogP contribution in [0.4, 0.5) is 0 Å². The first kappa shape index (κ1) is 27.8. The maximum atomic E-state index is 13.9. The molecular formula is C30H34Cl2N2O2. The molecule has 0 unspecified atom stereocenters. The Labute approximate surface area is 224 Å². The third-order valence-electron chi connectivity index (χ3n) is 6.27. The Morgan fingerprint density at radius 3 is 2.14 bits per heavy atom. The number of hydrogen-bond donors (Lipinski definition) is 1. The molecule has 2 amide bonds.